The van der Waals surface area contributed by atoms with Crippen LogP contribution in [-0.2, 0) is 4.79 Å². The van der Waals surface area contributed by atoms with Crippen molar-refractivity contribution in [3.8, 4) is 0 Å². The number of hydrogen-bond acceptors (Lipinski definition) is 1. The molecule has 2 fully saturated rings. The van der Waals surface area contributed by atoms with Crippen LogP contribution in [-0.4, -0.2) is 28.7 Å². The first-order valence-corrected chi connectivity index (χ1v) is 9.29. The van der Waals surface area contributed by atoms with E-state index in [1.165, 1.54) is 57.8 Å². The molecule has 2 rings (SSSR count). The number of hydrogen-bond donors (Lipinski definition) is 0. The molecule has 0 aromatic heterocycles. The van der Waals surface area contributed by atoms with Crippen molar-refractivity contribution in [3.05, 3.63) is 0 Å². The van der Waals surface area contributed by atoms with Gasteiger partial charge in [0.2, 0.25) is 5.91 Å². The summed E-state index contributed by atoms with van der Waals surface area (Å²) in [5.74, 6) is 1.24. The molecule has 3 heteroatoms. The number of likely N-dealkylation sites (tertiary alicyclic amines) is 1. The summed E-state index contributed by atoms with van der Waals surface area (Å²) < 4.78 is 0. The highest BCUT2D eigenvalue weighted by molar-refractivity contribution is 9.09. The minimum Gasteiger partial charge on any atom is -0.339 e. The Kier molecular flexibility index (Phi) is 6.69. The van der Waals surface area contributed by atoms with Gasteiger partial charge in [-0.2, -0.15) is 0 Å². The van der Waals surface area contributed by atoms with E-state index in [9.17, 15) is 4.79 Å². The highest BCUT2D eigenvalue weighted by Gasteiger charge is 2.25. The van der Waals surface area contributed by atoms with Crippen molar-refractivity contribution in [2.45, 2.75) is 76.7 Å². The molecule has 2 nitrogen and oxygen atoms in total. The van der Waals surface area contributed by atoms with Gasteiger partial charge in [0, 0.05) is 24.3 Å². The van der Waals surface area contributed by atoms with Crippen LogP contribution in [0.4, 0.5) is 0 Å². The van der Waals surface area contributed by atoms with Gasteiger partial charge in [-0.25, -0.2) is 0 Å². The van der Waals surface area contributed by atoms with Crippen molar-refractivity contribution in [3.63, 3.8) is 0 Å². The van der Waals surface area contributed by atoms with Gasteiger partial charge in [-0.3, -0.25) is 4.79 Å². The Morgan fingerprint density at radius 3 is 2.42 bits per heavy atom. The number of carbonyl (C=O) groups excluding carboxylic acids is 1. The molecule has 1 heterocycles. The second kappa shape index (κ2) is 8.28. The number of halogens is 1. The van der Waals surface area contributed by atoms with Gasteiger partial charge in [-0.1, -0.05) is 60.9 Å². The monoisotopic (exact) mass is 329 g/mol. The lowest BCUT2D eigenvalue weighted by Crippen LogP contribution is -2.41. The smallest absolute Gasteiger partial charge is 0.222 e. The fourth-order valence-corrected chi connectivity index (χ4v) is 4.29. The summed E-state index contributed by atoms with van der Waals surface area (Å²) in [5, 5.41) is 0.947. The Morgan fingerprint density at radius 2 is 1.68 bits per heavy atom. The highest BCUT2D eigenvalue weighted by Crippen LogP contribution is 2.28. The molecular formula is C16H28BrNO. The van der Waals surface area contributed by atoms with Crippen LogP contribution in [0.1, 0.15) is 70.6 Å². The number of alkyl halides is 1. The molecule has 0 spiro atoms. The van der Waals surface area contributed by atoms with E-state index in [0.29, 0.717) is 11.9 Å². The molecule has 0 N–H and O–H groups in total. The van der Waals surface area contributed by atoms with Crippen LogP contribution < -0.4 is 0 Å². The summed E-state index contributed by atoms with van der Waals surface area (Å²) in [6.07, 6.45) is 13.7. The van der Waals surface area contributed by atoms with E-state index in [1.54, 1.807) is 0 Å². The fourth-order valence-electron chi connectivity index (χ4n) is 3.61. The third-order valence-electron chi connectivity index (χ3n) is 4.87. The zero-order chi connectivity index (χ0) is 13.5. The minimum atomic E-state index is 0.414. The molecule has 1 saturated carbocycles. The van der Waals surface area contributed by atoms with Crippen molar-refractivity contribution >= 4 is 21.8 Å². The van der Waals surface area contributed by atoms with Gasteiger partial charge in [-0.15, -0.1) is 0 Å². The number of carbonyl (C=O) groups is 1. The van der Waals surface area contributed by atoms with Gasteiger partial charge in [-0.05, 0) is 25.2 Å². The molecule has 1 aliphatic heterocycles. The first kappa shape index (κ1) is 15.3. The summed E-state index contributed by atoms with van der Waals surface area (Å²) in [6, 6.07) is 0.446. The quantitative estimate of drug-likeness (QED) is 0.694. The lowest BCUT2D eigenvalue weighted by atomic mass is 9.86. The highest BCUT2D eigenvalue weighted by atomic mass is 79.9. The molecule has 1 atom stereocenters. The Hall–Kier alpha value is -0.0500. The minimum absolute atomic E-state index is 0.414. The zero-order valence-electron chi connectivity index (χ0n) is 12.1. The molecule has 1 saturated heterocycles. The van der Waals surface area contributed by atoms with E-state index < -0.39 is 0 Å². The van der Waals surface area contributed by atoms with Gasteiger partial charge in [0.05, 0.1) is 0 Å². The van der Waals surface area contributed by atoms with Crippen LogP contribution in [0.5, 0.6) is 0 Å². The maximum absolute atomic E-state index is 12.5. The molecule has 110 valence electrons. The standard InChI is InChI=1S/C16H28BrNO/c17-13-15-9-5-2-6-12-18(15)16(19)11-10-14-7-3-1-4-8-14/h14-15H,1-13H2. The molecule has 0 radical (unpaired) electrons. The van der Waals surface area contributed by atoms with Crippen molar-refractivity contribution in [1.82, 2.24) is 4.90 Å². The van der Waals surface area contributed by atoms with E-state index in [1.807, 2.05) is 0 Å². The summed E-state index contributed by atoms with van der Waals surface area (Å²) in [6.45, 7) is 0.986. The van der Waals surface area contributed by atoms with Crippen LogP contribution in [0.2, 0.25) is 0 Å². The predicted molar refractivity (Wildman–Crippen MR) is 83.6 cm³/mol. The molecule has 1 aliphatic carbocycles. The lowest BCUT2D eigenvalue weighted by Gasteiger charge is -2.30. The average molecular weight is 330 g/mol. The Morgan fingerprint density at radius 1 is 1.00 bits per heavy atom. The van der Waals surface area contributed by atoms with Gasteiger partial charge < -0.3 is 4.90 Å². The summed E-state index contributed by atoms with van der Waals surface area (Å²) in [5.41, 5.74) is 0. The van der Waals surface area contributed by atoms with E-state index in [4.69, 9.17) is 0 Å². The molecule has 0 aromatic rings. The lowest BCUT2D eigenvalue weighted by molar-refractivity contribution is -0.133. The average Bonchev–Trinajstić information content (AvgIpc) is 2.71. The molecular weight excluding hydrogens is 302 g/mol. The molecule has 0 aromatic carbocycles. The predicted octanol–water partition coefficient (Wildman–Crippen LogP) is 4.51. The molecule has 0 bridgehead atoms. The van der Waals surface area contributed by atoms with Crippen molar-refractivity contribution < 1.29 is 4.79 Å². The van der Waals surface area contributed by atoms with Gasteiger partial charge in [0.25, 0.3) is 0 Å². The first-order valence-electron chi connectivity index (χ1n) is 8.16. The van der Waals surface area contributed by atoms with Gasteiger partial charge >= 0.3 is 0 Å². The third kappa shape index (κ3) is 4.77. The largest absolute Gasteiger partial charge is 0.339 e. The van der Waals surface area contributed by atoms with Crippen LogP contribution in [0.3, 0.4) is 0 Å². The summed E-state index contributed by atoms with van der Waals surface area (Å²) >= 11 is 3.59. The van der Waals surface area contributed by atoms with E-state index in [-0.39, 0.29) is 0 Å². The summed E-state index contributed by atoms with van der Waals surface area (Å²) in [4.78, 5) is 14.6. The SMILES string of the molecule is O=C(CCC1CCCCC1)N1CCCCCC1CBr. The number of amides is 1. The van der Waals surface area contributed by atoms with E-state index >= 15 is 0 Å². The molecule has 1 unspecified atom stereocenters. The van der Waals surface area contributed by atoms with E-state index in [2.05, 4.69) is 20.8 Å². The van der Waals surface area contributed by atoms with E-state index in [0.717, 1.165) is 30.6 Å². The van der Waals surface area contributed by atoms with Crippen LogP contribution in [0.15, 0.2) is 0 Å². The number of nitrogens with zero attached hydrogens (tertiary/aromatic N) is 1. The molecule has 19 heavy (non-hydrogen) atoms. The first-order chi connectivity index (χ1) is 9.31. The maximum atomic E-state index is 12.5. The Labute approximate surface area is 126 Å². The Bertz CT molecular complexity index is 276. The van der Waals surface area contributed by atoms with Crippen LogP contribution in [0.25, 0.3) is 0 Å². The second-order valence-electron chi connectivity index (χ2n) is 6.29. The number of rotatable bonds is 4. The maximum Gasteiger partial charge on any atom is 0.222 e. The molecule has 1 amide bonds. The van der Waals surface area contributed by atoms with Gasteiger partial charge in [0.15, 0.2) is 0 Å². The normalized spacial score (nSPS) is 26.2. The molecule has 2 aliphatic rings. The van der Waals surface area contributed by atoms with Crippen molar-refractivity contribution in [2.75, 3.05) is 11.9 Å². The topological polar surface area (TPSA) is 20.3 Å². The van der Waals surface area contributed by atoms with Crippen LogP contribution in [0, 0.1) is 5.92 Å². The van der Waals surface area contributed by atoms with Crippen LogP contribution >= 0.6 is 15.9 Å². The fraction of sp³-hybridized carbons (Fsp3) is 0.938. The summed E-state index contributed by atoms with van der Waals surface area (Å²) in [7, 11) is 0. The van der Waals surface area contributed by atoms with Gasteiger partial charge in [0.1, 0.15) is 0 Å². The third-order valence-corrected chi connectivity index (χ3v) is 5.61. The second-order valence-corrected chi connectivity index (χ2v) is 6.93. The van der Waals surface area contributed by atoms with Crippen molar-refractivity contribution in [1.29, 1.82) is 0 Å². The zero-order valence-corrected chi connectivity index (χ0v) is 13.7. The van der Waals surface area contributed by atoms with Crippen molar-refractivity contribution in [2.24, 2.45) is 5.92 Å². The Balaban J connectivity index is 1.79.